The van der Waals surface area contributed by atoms with Gasteiger partial charge in [-0.25, -0.2) is 4.98 Å². The van der Waals surface area contributed by atoms with Gasteiger partial charge in [-0.2, -0.15) is 6.07 Å². The van der Waals surface area contributed by atoms with E-state index in [-0.39, 0.29) is 26.5 Å². The first-order valence-electron chi connectivity index (χ1n) is 23.3. The van der Waals surface area contributed by atoms with Crippen molar-refractivity contribution >= 4 is 66.4 Å². The molecule has 3 aromatic heterocycles. The van der Waals surface area contributed by atoms with Crippen molar-refractivity contribution in [1.29, 1.82) is 0 Å². The Morgan fingerprint density at radius 1 is 0.591 bits per heavy atom. The van der Waals surface area contributed by atoms with Crippen molar-refractivity contribution in [3.63, 3.8) is 0 Å². The van der Waals surface area contributed by atoms with Crippen LogP contribution in [0.2, 0.25) is 0 Å². The molecule has 326 valence electrons. The van der Waals surface area contributed by atoms with E-state index in [9.17, 15) is 0 Å². The summed E-state index contributed by atoms with van der Waals surface area (Å²) in [4.78, 5) is 9.66. The maximum Gasteiger partial charge on any atom is 0.135 e. The minimum atomic E-state index is -0.0286. The zero-order chi connectivity index (χ0) is 42.8. The molecule has 5 aliphatic rings. The van der Waals surface area contributed by atoms with Crippen molar-refractivity contribution in [2.45, 2.75) is 37.5 Å². The molecule has 4 fully saturated rings. The Morgan fingerprint density at radius 2 is 1.24 bits per heavy atom. The van der Waals surface area contributed by atoms with E-state index < -0.39 is 0 Å². The van der Waals surface area contributed by atoms with Crippen molar-refractivity contribution in [1.82, 2.24) is 14.1 Å². The number of aryl methyl sites for hydroxylation is 1. The average Bonchev–Trinajstić information content (AvgIpc) is 4.00. The Balaban J connectivity index is 0.00000435. The van der Waals surface area contributed by atoms with Gasteiger partial charge in [0.15, 0.2) is 0 Å². The molecule has 0 radical (unpaired) electrons. The summed E-state index contributed by atoms with van der Waals surface area (Å²) < 4.78 is 11.7. The van der Waals surface area contributed by atoms with Gasteiger partial charge < -0.3 is 23.7 Å². The van der Waals surface area contributed by atoms with E-state index in [2.05, 4.69) is 215 Å². The Morgan fingerprint density at radius 3 is 2.00 bits per heavy atom. The Kier molecular flexibility index (Phi) is 9.16. The molecular formula is C59H46N5OPt-3. The number of aromatic nitrogens is 3. The predicted octanol–water partition coefficient (Wildman–Crippen LogP) is 14.4. The number of fused-ring (bicyclic) bond motifs is 7. The average molecular weight is 1040 g/mol. The largest absolute Gasteiger partial charge is 0.508 e. The van der Waals surface area contributed by atoms with E-state index in [1.54, 1.807) is 0 Å². The SMILES string of the molecule is Cn1c2ccccc2c2c(Oc3[c-]c4c(cc3)c3ccccc3n4-c3cc(C4(c5ccccc5)C5CC6CC(C5)CC4C6)ccn3)[c-]c(N3[CH-]N(c4ccccc4)c4ccccc43)cc21.[Pt]. The van der Waals surface area contributed by atoms with Gasteiger partial charge in [0.2, 0.25) is 0 Å². The summed E-state index contributed by atoms with van der Waals surface area (Å²) in [6.07, 6.45) is 8.76. The standard InChI is InChI=1S/C59H46N5O.Pt/c1-61-50-20-10-9-19-49(50)58-55(61)34-45(63-37-62(44-16-6-3-7-17-44)52-22-12-13-23-53(52)63)35-56(58)65-46-24-25-48-47-18-8-11-21-51(47)64(54(48)36-46)57-33-41(26-27-60-57)59(40-14-4-2-5-15-40)42-29-38-28-39(31-42)32-43(59)30-38;/h2-27,33-34,37-39,42-43H,28-32H2,1H3;/q-3;. The second-order valence-corrected chi connectivity index (χ2v) is 19.0. The number of ether oxygens (including phenoxy) is 1. The van der Waals surface area contributed by atoms with Crippen molar-refractivity contribution in [3.05, 3.63) is 200 Å². The normalized spacial score (nSPS) is 21.8. The maximum absolute atomic E-state index is 7.15. The van der Waals surface area contributed by atoms with E-state index in [1.807, 2.05) is 0 Å². The first-order chi connectivity index (χ1) is 32.1. The number of hydrogen-bond acceptors (Lipinski definition) is 4. The van der Waals surface area contributed by atoms with Crippen LogP contribution in [-0.4, -0.2) is 14.1 Å². The smallest absolute Gasteiger partial charge is 0.135 e. The summed E-state index contributed by atoms with van der Waals surface area (Å²) in [6, 6.07) is 66.6. The minimum Gasteiger partial charge on any atom is -0.508 e. The van der Waals surface area contributed by atoms with Crippen LogP contribution in [0.1, 0.15) is 43.2 Å². The summed E-state index contributed by atoms with van der Waals surface area (Å²) in [6.45, 7) is 2.16. The zero-order valence-corrected chi connectivity index (χ0v) is 38.8. The fraction of sp³-hybridized carbons (Fsp3) is 0.186. The fourth-order valence-corrected chi connectivity index (χ4v) is 13.3. The first-order valence-corrected chi connectivity index (χ1v) is 23.3. The monoisotopic (exact) mass is 1040 g/mol. The summed E-state index contributed by atoms with van der Waals surface area (Å²) in [5.41, 5.74) is 11.2. The van der Waals surface area contributed by atoms with Crippen LogP contribution in [0.25, 0.3) is 49.4 Å². The van der Waals surface area contributed by atoms with Gasteiger partial charge in [0, 0.05) is 79.3 Å². The summed E-state index contributed by atoms with van der Waals surface area (Å²) in [5.74, 6) is 5.19. The predicted molar refractivity (Wildman–Crippen MR) is 262 cm³/mol. The molecule has 4 aliphatic carbocycles. The summed E-state index contributed by atoms with van der Waals surface area (Å²) in [7, 11) is 2.14. The van der Waals surface area contributed by atoms with E-state index in [4.69, 9.17) is 9.72 Å². The molecule has 4 heterocycles. The molecule has 15 rings (SSSR count). The van der Waals surface area contributed by atoms with Crippen molar-refractivity contribution in [2.75, 3.05) is 9.80 Å². The third-order valence-electron chi connectivity index (χ3n) is 15.7. The van der Waals surface area contributed by atoms with Gasteiger partial charge in [-0.05, 0) is 126 Å². The molecule has 10 aromatic rings. The molecule has 7 aromatic carbocycles. The quantitative estimate of drug-likeness (QED) is 0.149. The van der Waals surface area contributed by atoms with E-state index in [0.717, 1.165) is 78.6 Å². The topological polar surface area (TPSA) is 38.5 Å². The molecule has 4 bridgehead atoms. The second-order valence-electron chi connectivity index (χ2n) is 19.0. The molecule has 1 aliphatic heterocycles. The number of para-hydroxylation sites is 5. The van der Waals surface area contributed by atoms with Gasteiger partial charge in [0.05, 0.1) is 0 Å². The molecule has 0 spiro atoms. The van der Waals surface area contributed by atoms with Crippen molar-refractivity contribution in [3.8, 4) is 17.3 Å². The van der Waals surface area contributed by atoms with Crippen LogP contribution < -0.4 is 14.5 Å². The van der Waals surface area contributed by atoms with Crippen LogP contribution in [0, 0.1) is 42.5 Å². The van der Waals surface area contributed by atoms with Crippen molar-refractivity contribution in [2.24, 2.45) is 30.7 Å². The maximum atomic E-state index is 7.15. The number of hydrogen-bond donors (Lipinski definition) is 0. The number of nitrogens with zero attached hydrogens (tertiary/aromatic N) is 5. The zero-order valence-electron chi connectivity index (χ0n) is 36.5. The minimum absolute atomic E-state index is 0. The molecule has 7 heteroatoms. The van der Waals surface area contributed by atoms with Gasteiger partial charge in [-0.1, -0.05) is 119 Å². The van der Waals surface area contributed by atoms with Crippen LogP contribution in [0.15, 0.2) is 170 Å². The molecule has 6 nitrogen and oxygen atoms in total. The number of rotatable bonds is 7. The van der Waals surface area contributed by atoms with E-state index in [1.165, 1.54) is 48.6 Å². The van der Waals surface area contributed by atoms with Gasteiger partial charge in [-0.3, -0.25) is 0 Å². The Labute approximate surface area is 399 Å². The summed E-state index contributed by atoms with van der Waals surface area (Å²) >= 11 is 0. The Bertz CT molecular complexity index is 3480. The van der Waals surface area contributed by atoms with Crippen LogP contribution in [0.4, 0.5) is 22.7 Å². The molecule has 0 saturated heterocycles. The van der Waals surface area contributed by atoms with E-state index in [0.29, 0.717) is 23.3 Å². The van der Waals surface area contributed by atoms with Crippen LogP contribution in [0.5, 0.6) is 11.5 Å². The summed E-state index contributed by atoms with van der Waals surface area (Å²) in [5, 5.41) is 4.42. The van der Waals surface area contributed by atoms with Gasteiger partial charge in [0.1, 0.15) is 5.82 Å². The number of pyridine rings is 1. The molecule has 4 saturated carbocycles. The molecule has 0 atom stereocenters. The van der Waals surface area contributed by atoms with Crippen molar-refractivity contribution < 1.29 is 25.8 Å². The van der Waals surface area contributed by atoms with Gasteiger partial charge in [-0.15, -0.1) is 36.3 Å². The molecule has 0 unspecified atom stereocenters. The van der Waals surface area contributed by atoms with Gasteiger partial charge >= 0.3 is 0 Å². The number of benzene rings is 7. The fourth-order valence-electron chi connectivity index (χ4n) is 13.3. The third kappa shape index (κ3) is 5.80. The van der Waals surface area contributed by atoms with E-state index >= 15 is 0 Å². The van der Waals surface area contributed by atoms with Crippen LogP contribution in [0.3, 0.4) is 0 Å². The Hall–Kier alpha value is -6.62. The number of anilines is 4. The second kappa shape index (κ2) is 15.2. The third-order valence-corrected chi connectivity index (χ3v) is 15.7. The first kappa shape index (κ1) is 39.7. The molecule has 0 N–H and O–H groups in total. The van der Waals surface area contributed by atoms with Crippen LogP contribution in [-0.2, 0) is 33.5 Å². The molecular weight excluding hydrogens is 990 g/mol. The molecule has 0 amide bonds. The molecule has 66 heavy (non-hydrogen) atoms. The van der Waals surface area contributed by atoms with Crippen LogP contribution >= 0.6 is 0 Å². The van der Waals surface area contributed by atoms with Gasteiger partial charge in [0.25, 0.3) is 0 Å².